The van der Waals surface area contributed by atoms with Gasteiger partial charge in [-0.1, -0.05) is 37.3 Å². The lowest BCUT2D eigenvalue weighted by atomic mass is 10.0. The molecule has 17 heavy (non-hydrogen) atoms. The van der Waals surface area contributed by atoms with Crippen LogP contribution < -0.4 is 0 Å². The second-order valence-corrected chi connectivity index (χ2v) is 4.49. The minimum atomic E-state index is -0.137. The van der Waals surface area contributed by atoms with E-state index in [9.17, 15) is 4.39 Å². The maximum Gasteiger partial charge on any atom is 0.131 e. The summed E-state index contributed by atoms with van der Waals surface area (Å²) < 4.78 is 13.6. The predicted molar refractivity (Wildman–Crippen MR) is 70.5 cm³/mol. The van der Waals surface area contributed by atoms with Crippen molar-refractivity contribution in [1.29, 1.82) is 0 Å². The van der Waals surface area contributed by atoms with Gasteiger partial charge in [-0.2, -0.15) is 0 Å². The molecule has 0 fully saturated rings. The summed E-state index contributed by atoms with van der Waals surface area (Å²) >= 11 is 0. The third kappa shape index (κ3) is 2.64. The molecule has 0 N–H and O–H groups in total. The molecule has 0 radical (unpaired) electrons. The zero-order valence-electron chi connectivity index (χ0n) is 10.4. The minimum absolute atomic E-state index is 0.137. The molecule has 1 nitrogen and oxygen atoms in total. The Balaban J connectivity index is 2.38. The molecule has 0 saturated carbocycles. The summed E-state index contributed by atoms with van der Waals surface area (Å²) in [6, 6.07) is 11.1. The third-order valence-corrected chi connectivity index (χ3v) is 3.01. The quantitative estimate of drug-likeness (QED) is 0.773. The number of halogens is 1. The van der Waals surface area contributed by atoms with Crippen LogP contribution in [0.2, 0.25) is 0 Å². The van der Waals surface area contributed by atoms with Gasteiger partial charge < -0.3 is 4.90 Å². The van der Waals surface area contributed by atoms with E-state index in [0.29, 0.717) is 0 Å². The first kappa shape index (κ1) is 12.1. The van der Waals surface area contributed by atoms with E-state index in [0.717, 1.165) is 30.3 Å². The van der Waals surface area contributed by atoms with Gasteiger partial charge in [0.1, 0.15) is 5.82 Å². The number of hydrogen-bond donors (Lipinski definition) is 0. The van der Waals surface area contributed by atoms with Crippen LogP contribution >= 0.6 is 0 Å². The molecule has 0 amide bonds. The monoisotopic (exact) mass is 231 g/mol. The fraction of sp³-hybridized carbons (Fsp3) is 0.333. The molecule has 0 aliphatic heterocycles. The minimum Gasteiger partial charge on any atom is -0.302 e. The van der Waals surface area contributed by atoms with Crippen molar-refractivity contribution in [1.82, 2.24) is 4.90 Å². The molecule has 0 atom stereocenters. The van der Waals surface area contributed by atoms with Gasteiger partial charge >= 0.3 is 0 Å². The highest BCUT2D eigenvalue weighted by atomic mass is 19.1. The van der Waals surface area contributed by atoms with Gasteiger partial charge in [-0.3, -0.25) is 0 Å². The number of nitrogens with zero attached hydrogens (tertiary/aromatic N) is 1. The number of rotatable bonds is 4. The van der Waals surface area contributed by atoms with Crippen molar-refractivity contribution in [2.45, 2.75) is 19.9 Å². The number of hydrogen-bond acceptors (Lipinski definition) is 1. The molecule has 2 heteroatoms. The van der Waals surface area contributed by atoms with E-state index in [4.69, 9.17) is 0 Å². The van der Waals surface area contributed by atoms with Crippen LogP contribution in [0.3, 0.4) is 0 Å². The summed E-state index contributed by atoms with van der Waals surface area (Å²) in [5.41, 5.74) is 1.19. The summed E-state index contributed by atoms with van der Waals surface area (Å²) in [7, 11) is 2.10. The Kier molecular flexibility index (Phi) is 3.75. The zero-order valence-corrected chi connectivity index (χ0v) is 10.4. The van der Waals surface area contributed by atoms with E-state index >= 15 is 0 Å². The summed E-state index contributed by atoms with van der Waals surface area (Å²) in [4.78, 5) is 2.26. The second-order valence-electron chi connectivity index (χ2n) is 4.49. The lowest BCUT2D eigenvalue weighted by Crippen LogP contribution is -2.18. The number of fused-ring (bicyclic) bond motifs is 1. The maximum absolute atomic E-state index is 13.6. The second kappa shape index (κ2) is 5.28. The normalized spacial score (nSPS) is 11.3. The van der Waals surface area contributed by atoms with Gasteiger partial charge in [-0.25, -0.2) is 4.39 Å². The van der Waals surface area contributed by atoms with Gasteiger partial charge in [-0.05, 0) is 37.0 Å². The van der Waals surface area contributed by atoms with E-state index in [1.165, 1.54) is 5.56 Å². The van der Waals surface area contributed by atoms with Gasteiger partial charge in [0.15, 0.2) is 0 Å². The molecule has 0 bridgehead atoms. The summed E-state index contributed by atoms with van der Waals surface area (Å²) in [6.45, 7) is 4.10. The Hall–Kier alpha value is -1.41. The molecule has 0 spiro atoms. The molecule has 0 unspecified atom stereocenters. The van der Waals surface area contributed by atoms with Crippen molar-refractivity contribution in [3.8, 4) is 0 Å². The third-order valence-electron chi connectivity index (χ3n) is 3.01. The first-order valence-corrected chi connectivity index (χ1v) is 6.07. The van der Waals surface area contributed by atoms with Crippen LogP contribution in [0.25, 0.3) is 10.8 Å². The average molecular weight is 231 g/mol. The molecule has 0 aliphatic rings. The van der Waals surface area contributed by atoms with Crippen molar-refractivity contribution in [2.75, 3.05) is 13.6 Å². The lowest BCUT2D eigenvalue weighted by Gasteiger charge is -2.17. The molecule has 0 aliphatic carbocycles. The largest absolute Gasteiger partial charge is 0.302 e. The van der Waals surface area contributed by atoms with E-state index < -0.39 is 0 Å². The van der Waals surface area contributed by atoms with Crippen LogP contribution in [-0.4, -0.2) is 18.5 Å². The van der Waals surface area contributed by atoms with Gasteiger partial charge in [0, 0.05) is 11.9 Å². The first-order chi connectivity index (χ1) is 8.22. The van der Waals surface area contributed by atoms with E-state index in [-0.39, 0.29) is 5.82 Å². The fourth-order valence-corrected chi connectivity index (χ4v) is 2.21. The Bertz CT molecular complexity index is 507. The zero-order chi connectivity index (χ0) is 12.3. The number of benzene rings is 2. The summed E-state index contributed by atoms with van der Waals surface area (Å²) in [5, 5.41) is 1.74. The van der Waals surface area contributed by atoms with E-state index in [1.807, 2.05) is 30.3 Å². The van der Waals surface area contributed by atoms with Crippen molar-refractivity contribution in [3.63, 3.8) is 0 Å². The first-order valence-electron chi connectivity index (χ1n) is 6.07. The van der Waals surface area contributed by atoms with E-state index in [1.54, 1.807) is 6.07 Å². The summed E-state index contributed by atoms with van der Waals surface area (Å²) in [5.74, 6) is -0.137. The van der Waals surface area contributed by atoms with Gasteiger partial charge in [0.05, 0.1) is 0 Å². The maximum atomic E-state index is 13.6. The Morgan fingerprint density at radius 3 is 2.47 bits per heavy atom. The van der Waals surface area contributed by atoms with Crippen LogP contribution in [0, 0.1) is 5.82 Å². The molecule has 2 rings (SSSR count). The van der Waals surface area contributed by atoms with Crippen molar-refractivity contribution >= 4 is 10.8 Å². The molecule has 2 aromatic rings. The van der Waals surface area contributed by atoms with Crippen LogP contribution in [0.15, 0.2) is 36.4 Å². The molecular weight excluding hydrogens is 213 g/mol. The van der Waals surface area contributed by atoms with Crippen LogP contribution in [0.1, 0.15) is 18.9 Å². The van der Waals surface area contributed by atoms with Crippen molar-refractivity contribution in [2.24, 2.45) is 0 Å². The highest BCUT2D eigenvalue weighted by molar-refractivity contribution is 5.86. The predicted octanol–water partition coefficient (Wildman–Crippen LogP) is 3.82. The Labute approximate surface area is 102 Å². The van der Waals surface area contributed by atoms with Crippen molar-refractivity contribution in [3.05, 3.63) is 47.8 Å². The van der Waals surface area contributed by atoms with Crippen LogP contribution in [-0.2, 0) is 6.54 Å². The SMILES string of the molecule is CCCN(C)Cc1ccc(F)c2ccccc12. The van der Waals surface area contributed by atoms with Crippen LogP contribution in [0.4, 0.5) is 4.39 Å². The molecule has 2 aromatic carbocycles. The van der Waals surface area contributed by atoms with Crippen molar-refractivity contribution < 1.29 is 4.39 Å². The fourth-order valence-electron chi connectivity index (χ4n) is 2.21. The smallest absolute Gasteiger partial charge is 0.131 e. The van der Waals surface area contributed by atoms with Gasteiger partial charge in [0.2, 0.25) is 0 Å². The summed E-state index contributed by atoms with van der Waals surface area (Å²) in [6.07, 6.45) is 1.13. The molecule has 0 saturated heterocycles. The molecule has 0 aromatic heterocycles. The average Bonchev–Trinajstić information content (AvgIpc) is 2.34. The highest BCUT2D eigenvalue weighted by Gasteiger charge is 2.06. The molecule has 90 valence electrons. The Morgan fingerprint density at radius 2 is 1.76 bits per heavy atom. The molecule has 0 heterocycles. The van der Waals surface area contributed by atoms with Crippen LogP contribution in [0.5, 0.6) is 0 Å². The van der Waals surface area contributed by atoms with Gasteiger partial charge in [0.25, 0.3) is 0 Å². The van der Waals surface area contributed by atoms with Gasteiger partial charge in [-0.15, -0.1) is 0 Å². The topological polar surface area (TPSA) is 3.24 Å². The van der Waals surface area contributed by atoms with E-state index in [2.05, 4.69) is 18.9 Å². The lowest BCUT2D eigenvalue weighted by molar-refractivity contribution is 0.328. The highest BCUT2D eigenvalue weighted by Crippen LogP contribution is 2.22. The Morgan fingerprint density at radius 1 is 1.06 bits per heavy atom. The molecular formula is C15H18FN. The standard InChI is InChI=1S/C15H18FN/c1-3-10-17(2)11-12-8-9-15(16)14-7-5-4-6-13(12)14/h4-9H,3,10-11H2,1-2H3.